The standard InChI is InChI=1S/C46H36N2/c1-33-11-21-41(22-12-33)47(45-29-19-35-7-3-5-9-39(35)31-45)43-25-15-37(16-26-43)38-17-27-44(28-18-38)48(42-23-13-34(2)14-24-42)46-30-20-36-8-4-6-10-40(36)32-46/h3-32H,1-2H3. The molecule has 0 saturated carbocycles. The van der Waals surface area contributed by atoms with E-state index in [0.717, 1.165) is 34.1 Å². The van der Waals surface area contributed by atoms with Gasteiger partial charge in [0.25, 0.3) is 0 Å². The highest BCUT2D eigenvalue weighted by atomic mass is 15.1. The maximum atomic E-state index is 2.34. The van der Waals surface area contributed by atoms with E-state index in [1.165, 1.54) is 43.8 Å². The number of anilines is 6. The van der Waals surface area contributed by atoms with Gasteiger partial charge in [-0.15, -0.1) is 0 Å². The molecule has 8 aromatic carbocycles. The molecule has 0 bridgehead atoms. The molecule has 0 heterocycles. The lowest BCUT2D eigenvalue weighted by molar-refractivity contribution is 1.28. The summed E-state index contributed by atoms with van der Waals surface area (Å²) in [5.41, 5.74) is 11.7. The predicted octanol–water partition coefficient (Wildman–Crippen LogP) is 13.2. The van der Waals surface area contributed by atoms with Crippen molar-refractivity contribution in [2.45, 2.75) is 13.8 Å². The van der Waals surface area contributed by atoms with Crippen molar-refractivity contribution in [3.05, 3.63) is 193 Å². The van der Waals surface area contributed by atoms with Gasteiger partial charge in [0.2, 0.25) is 0 Å². The summed E-state index contributed by atoms with van der Waals surface area (Å²) >= 11 is 0. The van der Waals surface area contributed by atoms with Crippen LogP contribution >= 0.6 is 0 Å². The van der Waals surface area contributed by atoms with Gasteiger partial charge in [-0.3, -0.25) is 0 Å². The van der Waals surface area contributed by atoms with Crippen LogP contribution in [0.5, 0.6) is 0 Å². The first kappa shape index (κ1) is 29.3. The zero-order chi connectivity index (χ0) is 32.5. The van der Waals surface area contributed by atoms with Crippen molar-refractivity contribution in [2.75, 3.05) is 9.80 Å². The molecule has 0 aromatic heterocycles. The first-order valence-electron chi connectivity index (χ1n) is 16.5. The van der Waals surface area contributed by atoms with Crippen LogP contribution in [0.4, 0.5) is 34.1 Å². The normalized spacial score (nSPS) is 11.1. The molecule has 8 rings (SSSR count). The van der Waals surface area contributed by atoms with Crippen molar-refractivity contribution < 1.29 is 0 Å². The molecule has 0 aliphatic carbocycles. The highest BCUT2D eigenvalue weighted by Gasteiger charge is 2.15. The van der Waals surface area contributed by atoms with E-state index in [9.17, 15) is 0 Å². The predicted molar refractivity (Wildman–Crippen MR) is 206 cm³/mol. The van der Waals surface area contributed by atoms with Gasteiger partial charge in [0.1, 0.15) is 0 Å². The van der Waals surface area contributed by atoms with Gasteiger partial charge in [0, 0.05) is 34.1 Å². The summed E-state index contributed by atoms with van der Waals surface area (Å²) in [6, 6.07) is 65.8. The van der Waals surface area contributed by atoms with Crippen LogP contribution in [0, 0.1) is 13.8 Å². The third-order valence-electron chi connectivity index (χ3n) is 9.15. The van der Waals surface area contributed by atoms with Crippen molar-refractivity contribution >= 4 is 55.7 Å². The van der Waals surface area contributed by atoms with Crippen LogP contribution < -0.4 is 9.80 Å². The highest BCUT2D eigenvalue weighted by Crippen LogP contribution is 2.39. The minimum Gasteiger partial charge on any atom is -0.310 e. The quantitative estimate of drug-likeness (QED) is 0.176. The Balaban J connectivity index is 1.13. The van der Waals surface area contributed by atoms with Gasteiger partial charge in [-0.1, -0.05) is 120 Å². The third-order valence-corrected chi connectivity index (χ3v) is 9.15. The molecule has 0 N–H and O–H groups in total. The summed E-state index contributed by atoms with van der Waals surface area (Å²) in [7, 11) is 0. The fourth-order valence-electron chi connectivity index (χ4n) is 6.52. The average molecular weight is 617 g/mol. The van der Waals surface area contributed by atoms with Gasteiger partial charge in [-0.2, -0.15) is 0 Å². The van der Waals surface area contributed by atoms with Gasteiger partial charge < -0.3 is 9.80 Å². The molecule has 0 spiro atoms. The van der Waals surface area contributed by atoms with Gasteiger partial charge in [-0.25, -0.2) is 0 Å². The Hall–Kier alpha value is -6.12. The van der Waals surface area contributed by atoms with Gasteiger partial charge >= 0.3 is 0 Å². The SMILES string of the molecule is Cc1ccc(N(c2ccc(-c3ccc(N(c4ccc(C)cc4)c4ccc5ccccc5c4)cc3)cc2)c2ccc3ccccc3c2)cc1. The Kier molecular flexibility index (Phi) is 7.68. The summed E-state index contributed by atoms with van der Waals surface area (Å²) in [4.78, 5) is 4.67. The van der Waals surface area contributed by atoms with E-state index in [0.29, 0.717) is 0 Å². The second-order valence-electron chi connectivity index (χ2n) is 12.5. The van der Waals surface area contributed by atoms with E-state index < -0.39 is 0 Å². The van der Waals surface area contributed by atoms with E-state index in [2.05, 4.69) is 206 Å². The molecule has 0 unspecified atom stereocenters. The molecular weight excluding hydrogens is 581 g/mol. The van der Waals surface area contributed by atoms with Crippen molar-refractivity contribution in [2.24, 2.45) is 0 Å². The lowest BCUT2D eigenvalue weighted by Crippen LogP contribution is -2.10. The van der Waals surface area contributed by atoms with Crippen LogP contribution in [0.25, 0.3) is 32.7 Å². The molecule has 0 amide bonds. The fourth-order valence-corrected chi connectivity index (χ4v) is 6.52. The summed E-state index contributed by atoms with van der Waals surface area (Å²) < 4.78 is 0. The molecule has 48 heavy (non-hydrogen) atoms. The van der Waals surface area contributed by atoms with Crippen LogP contribution in [0.3, 0.4) is 0 Å². The van der Waals surface area contributed by atoms with E-state index in [-0.39, 0.29) is 0 Å². The number of benzene rings is 8. The van der Waals surface area contributed by atoms with Crippen molar-refractivity contribution in [3.63, 3.8) is 0 Å². The molecule has 0 aliphatic rings. The molecule has 2 nitrogen and oxygen atoms in total. The summed E-state index contributed by atoms with van der Waals surface area (Å²) in [6.45, 7) is 4.26. The monoisotopic (exact) mass is 616 g/mol. The number of rotatable bonds is 7. The Morgan fingerprint density at radius 3 is 0.917 bits per heavy atom. The van der Waals surface area contributed by atoms with Crippen LogP contribution in [0.1, 0.15) is 11.1 Å². The molecule has 0 radical (unpaired) electrons. The zero-order valence-corrected chi connectivity index (χ0v) is 27.2. The maximum absolute atomic E-state index is 2.34. The molecule has 8 aromatic rings. The number of hydrogen-bond donors (Lipinski definition) is 0. The lowest BCUT2D eigenvalue weighted by Gasteiger charge is -2.27. The largest absolute Gasteiger partial charge is 0.310 e. The molecular formula is C46H36N2. The fraction of sp³-hybridized carbons (Fsp3) is 0.0435. The molecule has 0 aliphatic heterocycles. The zero-order valence-electron chi connectivity index (χ0n) is 27.2. The molecule has 230 valence electrons. The minimum absolute atomic E-state index is 1.12. The van der Waals surface area contributed by atoms with Crippen LogP contribution in [0.2, 0.25) is 0 Å². The van der Waals surface area contributed by atoms with E-state index in [4.69, 9.17) is 0 Å². The lowest BCUT2D eigenvalue weighted by atomic mass is 10.0. The van der Waals surface area contributed by atoms with Crippen molar-refractivity contribution in [3.8, 4) is 11.1 Å². The molecule has 0 atom stereocenters. The third kappa shape index (κ3) is 5.81. The Labute approximate surface area is 282 Å². The number of aryl methyl sites for hydroxylation is 2. The number of fused-ring (bicyclic) bond motifs is 2. The average Bonchev–Trinajstić information content (AvgIpc) is 3.14. The van der Waals surface area contributed by atoms with Crippen LogP contribution in [0.15, 0.2) is 182 Å². The van der Waals surface area contributed by atoms with E-state index in [1.807, 2.05) is 0 Å². The Bertz CT molecular complexity index is 2170. The van der Waals surface area contributed by atoms with Gasteiger partial charge in [0.05, 0.1) is 0 Å². The highest BCUT2D eigenvalue weighted by molar-refractivity contribution is 5.91. The van der Waals surface area contributed by atoms with Gasteiger partial charge in [-0.05, 0) is 119 Å². The number of nitrogens with zero attached hydrogens (tertiary/aromatic N) is 2. The smallest absolute Gasteiger partial charge is 0.0468 e. The Morgan fingerprint density at radius 2 is 0.562 bits per heavy atom. The van der Waals surface area contributed by atoms with E-state index >= 15 is 0 Å². The summed E-state index contributed by atoms with van der Waals surface area (Å²) in [6.07, 6.45) is 0. The molecule has 0 fully saturated rings. The second kappa shape index (κ2) is 12.6. The summed E-state index contributed by atoms with van der Waals surface area (Å²) in [5.74, 6) is 0. The summed E-state index contributed by atoms with van der Waals surface area (Å²) in [5, 5.41) is 4.94. The second-order valence-corrected chi connectivity index (χ2v) is 12.5. The topological polar surface area (TPSA) is 6.48 Å². The van der Waals surface area contributed by atoms with Crippen LogP contribution in [-0.4, -0.2) is 0 Å². The van der Waals surface area contributed by atoms with E-state index in [1.54, 1.807) is 0 Å². The maximum Gasteiger partial charge on any atom is 0.0468 e. The van der Waals surface area contributed by atoms with Crippen molar-refractivity contribution in [1.82, 2.24) is 0 Å². The Morgan fingerprint density at radius 1 is 0.271 bits per heavy atom. The van der Waals surface area contributed by atoms with Crippen molar-refractivity contribution in [1.29, 1.82) is 0 Å². The molecule has 2 heteroatoms. The minimum atomic E-state index is 1.12. The molecule has 0 saturated heterocycles. The van der Waals surface area contributed by atoms with Gasteiger partial charge in [0.15, 0.2) is 0 Å². The van der Waals surface area contributed by atoms with Crippen LogP contribution in [-0.2, 0) is 0 Å². The first-order valence-corrected chi connectivity index (χ1v) is 16.5. The number of hydrogen-bond acceptors (Lipinski definition) is 2. The first-order chi connectivity index (χ1) is 23.6.